The second-order valence-electron chi connectivity index (χ2n) is 36.1. The number of para-hydroxylation sites is 1. The molecule has 10 N–H and O–H groups in total. The van der Waals surface area contributed by atoms with E-state index >= 15 is 0 Å². The fourth-order valence-electron chi connectivity index (χ4n) is 16.3. The number of methoxy groups -OCH3 is 2. The van der Waals surface area contributed by atoms with Crippen molar-refractivity contribution in [1.29, 1.82) is 0 Å². The molecule has 0 bridgehead atoms. The number of benzene rings is 4. The van der Waals surface area contributed by atoms with Crippen molar-refractivity contribution >= 4 is 76.7 Å². The number of amides is 12. The van der Waals surface area contributed by atoms with Crippen LogP contribution in [0.4, 0.5) is 21.0 Å². The number of nitrogens with one attached hydrogen (secondary N) is 7. The highest BCUT2D eigenvalue weighted by Gasteiger charge is 2.45. The number of carbonyl (C=O) groups is 11. The van der Waals surface area contributed by atoms with Gasteiger partial charge in [-0.15, -0.1) is 0 Å². The number of likely N-dealkylation sites (tertiary alicyclic amines) is 1. The number of hydrogen-bond donors (Lipinski definition) is 9. The van der Waals surface area contributed by atoms with Gasteiger partial charge < -0.3 is 134 Å². The Bertz CT molecular complexity index is 4470. The van der Waals surface area contributed by atoms with E-state index in [1.807, 2.05) is 80.6 Å². The smallest absolute Gasteiger partial charge is 0.410 e. The minimum Gasteiger partial charge on any atom is -0.445 e. The Morgan fingerprint density at radius 2 is 1.01 bits per heavy atom. The molecule has 6 rings (SSSR count). The summed E-state index contributed by atoms with van der Waals surface area (Å²) in [7, 11) is 6.08. The standard InChI is InChI=1S/C104H160N12O27/c1-15-75(8)95(87(129-13)69-91(120)115-44-24-32-86(115)97(130-14)76(9)98(122)108-77(10)96(121)81-27-17-16-18-28-81)113(11)102(126)93(73(4)5)112-101(125)94(74(6)7)114(12)104(128)143-71-78-33-37-83(38-34-78)109-99(123)84(30-23-42-107-103(105)127)110-100(124)92(72(2)3)111-89(118)41-45-131-47-49-133-51-53-135-55-57-137-59-61-139-63-65-141-67-68-142-66-64-140-62-60-138-58-56-136-54-52-134-50-48-132-46-43-106-88(117)39-40-90(119)116-70-82-29-20-19-25-79(82)35-36-80-26-21-22-31-85(80)116/h16-22,25-29,31,33-34,37-38,72-77,84,86-87,92-97,121H,15,23-24,30,32,39-71H2,1-14H3,(H,106,117)(H,108,122)(H,109,123)(H,110,124)(H,111,118)(H,112,125)(H3,105,107,127)/t75-,76+,77+,84-,86-,87?,92-,93-,94-,95-,96+,97+/m1/s1. The molecule has 12 amide bonds. The minimum atomic E-state index is -1.13. The van der Waals surface area contributed by atoms with Crippen LogP contribution < -0.4 is 47.9 Å². The Labute approximate surface area is 843 Å². The van der Waals surface area contributed by atoms with Crippen molar-refractivity contribution in [3.63, 3.8) is 0 Å². The van der Waals surface area contributed by atoms with E-state index in [0.717, 1.165) is 22.4 Å². The number of fused-ring (bicyclic) bond motifs is 2. The van der Waals surface area contributed by atoms with Gasteiger partial charge in [0.1, 0.15) is 30.8 Å². The van der Waals surface area contributed by atoms with Gasteiger partial charge in [0.25, 0.3) is 0 Å². The zero-order valence-corrected chi connectivity index (χ0v) is 86.3. The molecule has 2 aliphatic heterocycles. The molecule has 0 radical (unpaired) electrons. The van der Waals surface area contributed by atoms with Crippen molar-refractivity contribution in [3.8, 4) is 11.8 Å². The number of nitrogens with two attached hydrogens (primary N) is 1. The summed E-state index contributed by atoms with van der Waals surface area (Å²) in [6.07, 6.45) is -1.10. The average molecular weight is 2010 g/mol. The van der Waals surface area contributed by atoms with Crippen LogP contribution in [0.1, 0.15) is 161 Å². The Morgan fingerprint density at radius 3 is 1.52 bits per heavy atom. The van der Waals surface area contributed by atoms with E-state index in [4.69, 9.17) is 76.8 Å². The van der Waals surface area contributed by atoms with Crippen LogP contribution in [-0.4, -0.2) is 346 Å². The van der Waals surface area contributed by atoms with Crippen molar-refractivity contribution < 1.29 is 129 Å². The van der Waals surface area contributed by atoms with Crippen LogP contribution in [0.3, 0.4) is 0 Å². The first-order chi connectivity index (χ1) is 68.9. The molecule has 1 saturated heterocycles. The summed E-state index contributed by atoms with van der Waals surface area (Å²) in [4.78, 5) is 156. The Kier molecular flexibility index (Phi) is 59.0. The largest absolute Gasteiger partial charge is 0.445 e. The maximum absolute atomic E-state index is 14.9. The summed E-state index contributed by atoms with van der Waals surface area (Å²) < 4.78 is 84.7. The highest BCUT2D eigenvalue weighted by atomic mass is 16.6. The van der Waals surface area contributed by atoms with Crippen LogP contribution in [0.2, 0.25) is 0 Å². The number of anilines is 2. The molecule has 39 heteroatoms. The van der Waals surface area contributed by atoms with Gasteiger partial charge in [-0.1, -0.05) is 153 Å². The lowest BCUT2D eigenvalue weighted by Crippen LogP contribution is -2.60. The van der Waals surface area contributed by atoms with Crippen LogP contribution in [0.5, 0.6) is 0 Å². The molecule has 12 atom stereocenters. The molecule has 2 aliphatic rings. The molecule has 0 saturated carbocycles. The molecule has 798 valence electrons. The first-order valence-corrected chi connectivity index (χ1v) is 50.0. The summed E-state index contributed by atoms with van der Waals surface area (Å²) >= 11 is 0. The van der Waals surface area contributed by atoms with Gasteiger partial charge in [-0.2, -0.15) is 0 Å². The maximum atomic E-state index is 14.9. The number of aliphatic hydroxyl groups is 1. The maximum Gasteiger partial charge on any atom is 0.410 e. The van der Waals surface area contributed by atoms with Gasteiger partial charge in [-0.3, -0.25) is 48.1 Å². The SMILES string of the molecule is CC[C@@H](C)[C@H](C(CC(=O)N1CCC[C@@H]1[C@@H](OC)[C@H](C)C(=O)N[C@@H](C)[C@H](O)c1ccccc1)OC)N(C)C(=O)[C@H](NC(=O)[C@@H](C(C)C)N(C)C(=O)OCc1ccc(NC(=O)[C@@H](CCCNC(N)=O)NC(=O)[C@H](NC(=O)CCOCCOCCOCCOCCOCCOCCOCCOCCOCCOCCOCCOCCNC(=O)CCC(=O)N2Cc3ccccc3C#Cc3ccccc32)C(C)C)cc1)C(C)C. The predicted octanol–water partition coefficient (Wildman–Crippen LogP) is 7.02. The normalized spacial score (nSPS) is 15.2. The summed E-state index contributed by atoms with van der Waals surface area (Å²) in [5.41, 5.74) is 10.1. The number of carbonyl (C=O) groups excluding carboxylic acids is 11. The van der Waals surface area contributed by atoms with Crippen LogP contribution in [-0.2, 0) is 127 Å². The number of hydrogen-bond acceptors (Lipinski definition) is 27. The molecule has 0 aliphatic carbocycles. The summed E-state index contributed by atoms with van der Waals surface area (Å²) in [6.45, 7) is 27.8. The molecule has 143 heavy (non-hydrogen) atoms. The van der Waals surface area contributed by atoms with E-state index in [9.17, 15) is 57.8 Å². The number of primary amides is 1. The molecular weight excluding hydrogens is 1850 g/mol. The van der Waals surface area contributed by atoms with Crippen LogP contribution >= 0.6 is 0 Å². The van der Waals surface area contributed by atoms with Crippen molar-refractivity contribution in [2.75, 3.05) is 217 Å². The summed E-state index contributed by atoms with van der Waals surface area (Å²) in [6, 6.07) is 24.0. The first kappa shape index (κ1) is 121. The number of ether oxygens (including phenoxy) is 15. The molecule has 39 nitrogen and oxygen atoms in total. The van der Waals surface area contributed by atoms with E-state index in [2.05, 4.69) is 49.1 Å². The Morgan fingerprint density at radius 1 is 0.497 bits per heavy atom. The molecule has 2 heterocycles. The molecule has 0 spiro atoms. The lowest BCUT2D eigenvalue weighted by Gasteiger charge is -2.41. The second-order valence-corrected chi connectivity index (χ2v) is 36.1. The third kappa shape index (κ3) is 45.0. The highest BCUT2D eigenvalue weighted by molar-refractivity contribution is 5.99. The van der Waals surface area contributed by atoms with E-state index in [-0.39, 0.29) is 101 Å². The average Bonchev–Trinajstić information content (AvgIpc) is 1.75. The highest BCUT2D eigenvalue weighted by Crippen LogP contribution is 2.32. The molecule has 4 aromatic rings. The molecule has 1 fully saturated rings. The quantitative estimate of drug-likeness (QED) is 0.0158. The number of likely N-dealkylation sites (N-methyl/N-ethyl adjacent to an activating group) is 2. The van der Waals surface area contributed by atoms with Crippen LogP contribution in [0, 0.1) is 41.4 Å². The third-order valence-electron chi connectivity index (χ3n) is 24.4. The van der Waals surface area contributed by atoms with E-state index in [1.165, 1.54) is 26.2 Å². The number of urea groups is 1. The van der Waals surface area contributed by atoms with Gasteiger partial charge in [-0.25, -0.2) is 9.59 Å². The van der Waals surface area contributed by atoms with Gasteiger partial charge >= 0.3 is 12.1 Å². The number of nitrogens with zero attached hydrogens (tertiary/aromatic N) is 4. The van der Waals surface area contributed by atoms with Crippen molar-refractivity contribution in [2.24, 2.45) is 35.3 Å². The zero-order valence-electron chi connectivity index (χ0n) is 86.3. The lowest BCUT2D eigenvalue weighted by atomic mass is 9.89. The van der Waals surface area contributed by atoms with E-state index in [0.29, 0.717) is 194 Å². The third-order valence-corrected chi connectivity index (χ3v) is 24.4. The second kappa shape index (κ2) is 69.6. The van der Waals surface area contributed by atoms with Gasteiger partial charge in [0, 0.05) is 84.0 Å². The Balaban J connectivity index is 0.754. The minimum absolute atomic E-state index is 0.0452. The molecular formula is C104H160N12O27. The van der Waals surface area contributed by atoms with E-state index < -0.39 is 126 Å². The number of aliphatic hydroxyl groups excluding tert-OH is 1. The van der Waals surface area contributed by atoms with Crippen molar-refractivity contribution in [3.05, 3.63) is 131 Å². The van der Waals surface area contributed by atoms with Gasteiger partial charge in [-0.05, 0) is 103 Å². The van der Waals surface area contributed by atoms with Crippen LogP contribution in [0.15, 0.2) is 103 Å². The van der Waals surface area contributed by atoms with Crippen LogP contribution in [0.25, 0.3) is 0 Å². The molecule has 0 aromatic heterocycles. The molecule has 4 aromatic carbocycles. The first-order valence-electron chi connectivity index (χ1n) is 50.0. The summed E-state index contributed by atoms with van der Waals surface area (Å²) in [5.74, 6) is 0.591. The van der Waals surface area contributed by atoms with Crippen molar-refractivity contribution in [2.45, 2.75) is 201 Å². The lowest BCUT2D eigenvalue weighted by molar-refractivity contribution is -0.148. The topological polar surface area (TPSA) is 470 Å². The predicted molar refractivity (Wildman–Crippen MR) is 536 cm³/mol. The van der Waals surface area contributed by atoms with Gasteiger partial charge in [0.05, 0.1) is 220 Å². The van der Waals surface area contributed by atoms with Crippen molar-refractivity contribution in [1.82, 2.24) is 46.6 Å². The fraction of sp³-hybridized carbons (Fsp3) is 0.644. The summed E-state index contributed by atoms with van der Waals surface area (Å²) in [5, 5.41) is 30.5. The fourth-order valence-corrected chi connectivity index (χ4v) is 16.3. The number of rotatable bonds is 74. The van der Waals surface area contributed by atoms with Gasteiger partial charge in [0.15, 0.2) is 0 Å². The monoisotopic (exact) mass is 2010 g/mol. The van der Waals surface area contributed by atoms with E-state index in [1.54, 1.807) is 114 Å². The van der Waals surface area contributed by atoms with Gasteiger partial charge in [0.2, 0.25) is 53.2 Å². The Hall–Kier alpha value is -10.4. The molecule has 1 unspecified atom stereocenters. The zero-order chi connectivity index (χ0) is 104.